The van der Waals surface area contributed by atoms with Gasteiger partial charge < -0.3 is 24.3 Å². The molecule has 3 aromatic rings. The molecule has 6 heteroatoms. The molecular formula is C18H18N2O4. The predicted octanol–water partition coefficient (Wildman–Crippen LogP) is 3.68. The molecule has 0 amide bonds. The number of benzene rings is 2. The van der Waals surface area contributed by atoms with Crippen LogP contribution >= 0.6 is 0 Å². The van der Waals surface area contributed by atoms with Gasteiger partial charge >= 0.3 is 0 Å². The number of rotatable bonds is 6. The van der Waals surface area contributed by atoms with E-state index < -0.39 is 0 Å². The van der Waals surface area contributed by atoms with Crippen molar-refractivity contribution in [3.05, 3.63) is 54.4 Å². The minimum atomic E-state index is 0.206. The van der Waals surface area contributed by atoms with Gasteiger partial charge in [0.05, 0.1) is 32.1 Å². The Morgan fingerprint density at radius 2 is 1.88 bits per heavy atom. The number of ether oxygens (including phenoxy) is 2. The fraction of sp³-hybridized carbons (Fsp3) is 0.167. The zero-order valence-electron chi connectivity index (χ0n) is 13.4. The van der Waals surface area contributed by atoms with E-state index >= 15 is 0 Å². The molecule has 0 aliphatic heterocycles. The highest BCUT2D eigenvalue weighted by molar-refractivity contribution is 5.60. The monoisotopic (exact) mass is 326 g/mol. The maximum absolute atomic E-state index is 9.33. The minimum absolute atomic E-state index is 0.206. The Morgan fingerprint density at radius 3 is 2.58 bits per heavy atom. The Bertz CT molecular complexity index is 812. The third kappa shape index (κ3) is 3.43. The highest BCUT2D eigenvalue weighted by atomic mass is 16.5. The predicted molar refractivity (Wildman–Crippen MR) is 90.5 cm³/mol. The third-order valence-electron chi connectivity index (χ3n) is 3.53. The lowest BCUT2D eigenvalue weighted by Gasteiger charge is -2.11. The molecule has 24 heavy (non-hydrogen) atoms. The van der Waals surface area contributed by atoms with Crippen LogP contribution in [0.5, 0.6) is 17.2 Å². The molecule has 0 unspecified atom stereocenters. The lowest BCUT2D eigenvalue weighted by Crippen LogP contribution is -2.02. The lowest BCUT2D eigenvalue weighted by molar-refractivity contribution is 0.404. The topological polar surface area (TPSA) is 76.8 Å². The Morgan fingerprint density at radius 1 is 1.08 bits per heavy atom. The van der Waals surface area contributed by atoms with Crippen LogP contribution in [0.3, 0.4) is 0 Å². The first-order valence-corrected chi connectivity index (χ1v) is 7.39. The highest BCUT2D eigenvalue weighted by Crippen LogP contribution is 2.29. The number of phenols is 1. The normalized spacial score (nSPS) is 10.4. The molecule has 6 nitrogen and oxygen atoms in total. The number of anilines is 1. The summed E-state index contributed by atoms with van der Waals surface area (Å²) < 4.78 is 16.1. The first-order chi connectivity index (χ1) is 11.7. The molecule has 1 heterocycles. The zero-order chi connectivity index (χ0) is 16.9. The van der Waals surface area contributed by atoms with Crippen molar-refractivity contribution in [2.75, 3.05) is 19.5 Å². The van der Waals surface area contributed by atoms with Crippen LogP contribution in [-0.4, -0.2) is 24.3 Å². The van der Waals surface area contributed by atoms with Crippen LogP contribution < -0.4 is 14.8 Å². The van der Waals surface area contributed by atoms with E-state index in [1.165, 1.54) is 0 Å². The van der Waals surface area contributed by atoms with Crippen molar-refractivity contribution in [3.63, 3.8) is 0 Å². The number of oxazole rings is 1. The molecular weight excluding hydrogens is 308 g/mol. The Balaban J connectivity index is 1.73. The van der Waals surface area contributed by atoms with Crippen molar-refractivity contribution < 1.29 is 19.0 Å². The van der Waals surface area contributed by atoms with Crippen molar-refractivity contribution >= 4 is 5.69 Å². The van der Waals surface area contributed by atoms with Gasteiger partial charge in [0.15, 0.2) is 0 Å². The number of nitrogens with one attached hydrogen (secondary N) is 1. The first kappa shape index (κ1) is 15.7. The van der Waals surface area contributed by atoms with Crippen LogP contribution in [-0.2, 0) is 6.54 Å². The summed E-state index contributed by atoms with van der Waals surface area (Å²) in [4.78, 5) is 4.44. The van der Waals surface area contributed by atoms with Gasteiger partial charge in [0, 0.05) is 11.6 Å². The molecule has 2 N–H and O–H groups in total. The van der Waals surface area contributed by atoms with Crippen LogP contribution in [0.2, 0.25) is 0 Å². The number of nitrogens with zero attached hydrogens (tertiary/aromatic N) is 1. The molecule has 0 bridgehead atoms. The molecule has 1 aromatic heterocycles. The number of hydrogen-bond acceptors (Lipinski definition) is 6. The zero-order valence-corrected chi connectivity index (χ0v) is 13.4. The van der Waals surface area contributed by atoms with Gasteiger partial charge in [0.1, 0.15) is 23.5 Å². The van der Waals surface area contributed by atoms with E-state index in [1.54, 1.807) is 44.7 Å². The second-order valence-electron chi connectivity index (χ2n) is 5.11. The highest BCUT2D eigenvalue weighted by Gasteiger charge is 2.09. The number of hydrogen-bond donors (Lipinski definition) is 2. The molecule has 0 saturated carbocycles. The van der Waals surface area contributed by atoms with E-state index in [1.807, 2.05) is 18.2 Å². The maximum atomic E-state index is 9.33. The van der Waals surface area contributed by atoms with E-state index in [9.17, 15) is 5.11 Å². The summed E-state index contributed by atoms with van der Waals surface area (Å²) >= 11 is 0. The van der Waals surface area contributed by atoms with Crippen molar-refractivity contribution in [2.45, 2.75) is 6.54 Å². The standard InChI is InChI=1S/C18H18N2O4/c1-22-15-7-8-17(23-2)16(9-15)19-10-13-11-24-18(20-13)12-3-5-14(21)6-4-12/h3-9,11,19,21H,10H2,1-2H3. The number of aromatic nitrogens is 1. The van der Waals surface area contributed by atoms with Gasteiger partial charge in [-0.3, -0.25) is 0 Å². The summed E-state index contributed by atoms with van der Waals surface area (Å²) in [5.41, 5.74) is 2.37. The quantitative estimate of drug-likeness (QED) is 0.719. The Kier molecular flexibility index (Phi) is 4.56. The van der Waals surface area contributed by atoms with Gasteiger partial charge in [0.2, 0.25) is 5.89 Å². The minimum Gasteiger partial charge on any atom is -0.508 e. The first-order valence-electron chi connectivity index (χ1n) is 7.39. The number of phenolic OH excluding ortho intramolecular Hbond substituents is 1. The fourth-order valence-corrected chi connectivity index (χ4v) is 2.26. The molecule has 0 aliphatic carbocycles. The molecule has 3 rings (SSSR count). The molecule has 0 aliphatic rings. The molecule has 124 valence electrons. The summed E-state index contributed by atoms with van der Waals surface area (Å²) in [5.74, 6) is 2.17. The molecule has 2 aromatic carbocycles. The van der Waals surface area contributed by atoms with E-state index in [0.717, 1.165) is 28.4 Å². The smallest absolute Gasteiger partial charge is 0.226 e. The molecule has 0 radical (unpaired) electrons. The summed E-state index contributed by atoms with van der Waals surface area (Å²) in [7, 11) is 3.24. The van der Waals surface area contributed by atoms with Gasteiger partial charge in [0.25, 0.3) is 0 Å². The summed E-state index contributed by atoms with van der Waals surface area (Å²) in [5, 5.41) is 12.6. The van der Waals surface area contributed by atoms with Gasteiger partial charge in [-0.2, -0.15) is 0 Å². The van der Waals surface area contributed by atoms with Gasteiger partial charge in [-0.05, 0) is 36.4 Å². The van der Waals surface area contributed by atoms with Crippen LogP contribution in [0.15, 0.2) is 53.1 Å². The largest absolute Gasteiger partial charge is 0.508 e. The Hall–Kier alpha value is -3.15. The lowest BCUT2D eigenvalue weighted by atomic mass is 10.2. The van der Waals surface area contributed by atoms with E-state index in [0.29, 0.717) is 12.4 Å². The SMILES string of the molecule is COc1ccc(OC)c(NCc2coc(-c3ccc(O)cc3)n2)c1. The van der Waals surface area contributed by atoms with Crippen molar-refractivity contribution in [1.82, 2.24) is 4.98 Å². The summed E-state index contributed by atoms with van der Waals surface area (Å²) in [6.07, 6.45) is 1.60. The second-order valence-corrected chi connectivity index (χ2v) is 5.11. The van der Waals surface area contributed by atoms with Crippen LogP contribution in [0, 0.1) is 0 Å². The van der Waals surface area contributed by atoms with Crippen molar-refractivity contribution in [2.24, 2.45) is 0 Å². The fourth-order valence-electron chi connectivity index (χ4n) is 2.26. The maximum Gasteiger partial charge on any atom is 0.226 e. The van der Waals surface area contributed by atoms with Crippen LogP contribution in [0.1, 0.15) is 5.69 Å². The third-order valence-corrected chi connectivity index (χ3v) is 3.53. The van der Waals surface area contributed by atoms with Crippen LogP contribution in [0.4, 0.5) is 5.69 Å². The van der Waals surface area contributed by atoms with Crippen LogP contribution in [0.25, 0.3) is 11.5 Å². The number of aromatic hydroxyl groups is 1. The number of methoxy groups -OCH3 is 2. The Labute approximate surface area is 139 Å². The second kappa shape index (κ2) is 6.95. The van der Waals surface area contributed by atoms with Gasteiger partial charge in [-0.1, -0.05) is 0 Å². The molecule has 0 atom stereocenters. The molecule has 0 fully saturated rings. The van der Waals surface area contributed by atoms with Crippen molar-refractivity contribution in [3.8, 4) is 28.7 Å². The average molecular weight is 326 g/mol. The van der Waals surface area contributed by atoms with Gasteiger partial charge in [-0.15, -0.1) is 0 Å². The van der Waals surface area contributed by atoms with Gasteiger partial charge in [-0.25, -0.2) is 4.98 Å². The summed E-state index contributed by atoms with van der Waals surface area (Å²) in [6, 6.07) is 12.2. The average Bonchev–Trinajstić information content (AvgIpc) is 3.09. The van der Waals surface area contributed by atoms with E-state index in [-0.39, 0.29) is 5.75 Å². The molecule has 0 spiro atoms. The van der Waals surface area contributed by atoms with Crippen molar-refractivity contribution in [1.29, 1.82) is 0 Å². The van der Waals surface area contributed by atoms with E-state index in [2.05, 4.69) is 10.3 Å². The summed E-state index contributed by atoms with van der Waals surface area (Å²) in [6.45, 7) is 0.477. The van der Waals surface area contributed by atoms with E-state index in [4.69, 9.17) is 13.9 Å². The molecule has 0 saturated heterocycles.